The topological polar surface area (TPSA) is 45.1 Å². The molecule has 0 radical (unpaired) electrons. The van der Waals surface area contributed by atoms with Crippen LogP contribution in [0.3, 0.4) is 0 Å². The van der Waals surface area contributed by atoms with E-state index in [0.717, 1.165) is 34.0 Å². The number of nitrogens with zero attached hydrogens (tertiary/aromatic N) is 1. The second kappa shape index (κ2) is 4.91. The Morgan fingerprint density at radius 1 is 1.47 bits per heavy atom. The number of aliphatic hydroxyl groups excluding tert-OH is 1. The van der Waals surface area contributed by atoms with Gasteiger partial charge in [-0.05, 0) is 50.8 Å². The maximum Gasteiger partial charge on any atom is 0.0684 e. The largest absolute Gasteiger partial charge is 0.393 e. The maximum absolute atomic E-state index is 9.14. The predicted molar refractivity (Wildman–Crippen MR) is 65.5 cm³/mol. The third-order valence-corrected chi connectivity index (χ3v) is 3.68. The molecule has 1 aromatic rings. The zero-order valence-corrected chi connectivity index (χ0v) is 11.3. The van der Waals surface area contributed by atoms with Gasteiger partial charge in [-0.15, -0.1) is 0 Å². The zero-order chi connectivity index (χ0) is 10.8. The van der Waals surface area contributed by atoms with E-state index in [-0.39, 0.29) is 6.10 Å². The fraction of sp³-hybridized carbons (Fsp3) is 0.500. The van der Waals surface area contributed by atoms with Gasteiger partial charge in [-0.25, -0.2) is 0 Å². The number of hydrogen-bond donors (Lipinski definition) is 2. The van der Waals surface area contributed by atoms with Crippen molar-refractivity contribution in [3.05, 3.63) is 26.9 Å². The van der Waals surface area contributed by atoms with Gasteiger partial charge in [-0.3, -0.25) is 4.98 Å². The van der Waals surface area contributed by atoms with Crippen molar-refractivity contribution in [2.45, 2.75) is 31.5 Å². The van der Waals surface area contributed by atoms with Crippen LogP contribution >= 0.6 is 31.9 Å². The molecule has 3 nitrogen and oxygen atoms in total. The van der Waals surface area contributed by atoms with Crippen LogP contribution < -0.4 is 5.32 Å². The highest BCUT2D eigenvalue weighted by Gasteiger charge is 2.26. The Labute approximate surface area is 106 Å². The first-order valence-corrected chi connectivity index (χ1v) is 6.45. The molecule has 1 fully saturated rings. The van der Waals surface area contributed by atoms with E-state index in [2.05, 4.69) is 42.2 Å². The normalized spacial score (nSPS) is 25.0. The van der Waals surface area contributed by atoms with Crippen molar-refractivity contribution < 1.29 is 5.11 Å². The minimum atomic E-state index is -0.108. The SMILES string of the molecule is OC1CC(NCc2ncc(Br)cc2Br)C1. The van der Waals surface area contributed by atoms with Gasteiger partial charge in [0.05, 0.1) is 11.8 Å². The quantitative estimate of drug-likeness (QED) is 0.890. The summed E-state index contributed by atoms with van der Waals surface area (Å²) in [6, 6.07) is 2.43. The molecular weight excluding hydrogens is 324 g/mol. The van der Waals surface area contributed by atoms with E-state index in [0.29, 0.717) is 6.04 Å². The number of aliphatic hydroxyl groups is 1. The zero-order valence-electron chi connectivity index (χ0n) is 8.08. The summed E-state index contributed by atoms with van der Waals surface area (Å²) in [6.45, 7) is 0.741. The van der Waals surface area contributed by atoms with Gasteiger partial charge in [-0.2, -0.15) is 0 Å². The summed E-state index contributed by atoms with van der Waals surface area (Å²) < 4.78 is 1.97. The molecule has 0 bridgehead atoms. The van der Waals surface area contributed by atoms with Crippen LogP contribution in [0.15, 0.2) is 21.2 Å². The lowest BCUT2D eigenvalue weighted by Crippen LogP contribution is -2.43. The fourth-order valence-electron chi connectivity index (χ4n) is 1.57. The van der Waals surface area contributed by atoms with E-state index in [4.69, 9.17) is 5.11 Å². The molecule has 0 spiro atoms. The molecule has 1 aliphatic carbocycles. The van der Waals surface area contributed by atoms with Crippen LogP contribution in [0.1, 0.15) is 18.5 Å². The lowest BCUT2D eigenvalue weighted by atomic mass is 9.89. The van der Waals surface area contributed by atoms with Crippen molar-refractivity contribution in [2.24, 2.45) is 0 Å². The third-order valence-electron chi connectivity index (χ3n) is 2.56. The van der Waals surface area contributed by atoms with Gasteiger partial charge in [0, 0.05) is 27.7 Å². The summed E-state index contributed by atoms with van der Waals surface area (Å²) in [5, 5.41) is 12.5. The average Bonchev–Trinajstić information content (AvgIpc) is 2.13. The van der Waals surface area contributed by atoms with Crippen molar-refractivity contribution >= 4 is 31.9 Å². The first-order valence-electron chi connectivity index (χ1n) is 4.86. The molecular formula is C10H12Br2N2O. The molecule has 1 heterocycles. The lowest BCUT2D eigenvalue weighted by Gasteiger charge is -2.32. The molecule has 82 valence electrons. The summed E-state index contributed by atoms with van der Waals surface area (Å²) >= 11 is 6.83. The molecule has 0 aromatic carbocycles. The van der Waals surface area contributed by atoms with E-state index in [1.165, 1.54) is 0 Å². The van der Waals surface area contributed by atoms with Crippen LogP contribution in [-0.2, 0) is 6.54 Å². The summed E-state index contributed by atoms with van der Waals surface area (Å²) in [5.41, 5.74) is 1.000. The summed E-state index contributed by atoms with van der Waals surface area (Å²) in [4.78, 5) is 4.31. The first kappa shape index (κ1) is 11.5. The van der Waals surface area contributed by atoms with Gasteiger partial charge >= 0.3 is 0 Å². The second-order valence-electron chi connectivity index (χ2n) is 3.79. The highest BCUT2D eigenvalue weighted by molar-refractivity contribution is 9.11. The summed E-state index contributed by atoms with van der Waals surface area (Å²) in [5.74, 6) is 0. The molecule has 2 N–H and O–H groups in total. The molecule has 0 atom stereocenters. The van der Waals surface area contributed by atoms with Crippen LogP contribution in [0.25, 0.3) is 0 Å². The van der Waals surface area contributed by atoms with Gasteiger partial charge in [0.1, 0.15) is 0 Å². The summed E-state index contributed by atoms with van der Waals surface area (Å²) in [7, 11) is 0. The van der Waals surface area contributed by atoms with Crippen LogP contribution in [0, 0.1) is 0 Å². The number of halogens is 2. The minimum absolute atomic E-state index is 0.108. The Balaban J connectivity index is 1.88. The Morgan fingerprint density at radius 3 is 2.80 bits per heavy atom. The fourth-order valence-corrected chi connectivity index (χ4v) is 2.70. The third kappa shape index (κ3) is 3.00. The van der Waals surface area contributed by atoms with Crippen LogP contribution in [-0.4, -0.2) is 22.2 Å². The molecule has 0 aliphatic heterocycles. The molecule has 1 saturated carbocycles. The number of aromatic nitrogens is 1. The van der Waals surface area contributed by atoms with Crippen molar-refractivity contribution in [3.63, 3.8) is 0 Å². The van der Waals surface area contributed by atoms with Gasteiger partial charge in [-0.1, -0.05) is 0 Å². The summed E-state index contributed by atoms with van der Waals surface area (Å²) in [6.07, 6.45) is 3.39. The van der Waals surface area contributed by atoms with Crippen LogP contribution in [0.2, 0.25) is 0 Å². The van der Waals surface area contributed by atoms with E-state index in [1.54, 1.807) is 6.20 Å². The monoisotopic (exact) mass is 334 g/mol. The Kier molecular flexibility index (Phi) is 3.77. The highest BCUT2D eigenvalue weighted by Crippen LogP contribution is 2.22. The molecule has 0 amide bonds. The van der Waals surface area contributed by atoms with E-state index in [1.807, 2.05) is 6.07 Å². The molecule has 0 saturated heterocycles. The predicted octanol–water partition coefficient (Wildman–Crippen LogP) is 2.22. The van der Waals surface area contributed by atoms with Crippen LogP contribution in [0.4, 0.5) is 0 Å². The van der Waals surface area contributed by atoms with Crippen molar-refractivity contribution in [1.82, 2.24) is 10.3 Å². The second-order valence-corrected chi connectivity index (χ2v) is 5.56. The lowest BCUT2D eigenvalue weighted by molar-refractivity contribution is 0.0618. The minimum Gasteiger partial charge on any atom is -0.393 e. The van der Waals surface area contributed by atoms with Gasteiger partial charge in [0.25, 0.3) is 0 Å². The standard InChI is InChI=1S/C10H12Br2N2O/c11-6-1-9(12)10(14-4-6)5-13-7-2-8(15)3-7/h1,4,7-8,13,15H,2-3,5H2. The molecule has 15 heavy (non-hydrogen) atoms. The number of rotatable bonds is 3. The van der Waals surface area contributed by atoms with Crippen molar-refractivity contribution in [3.8, 4) is 0 Å². The Bertz CT molecular complexity index is 353. The molecule has 1 aliphatic rings. The number of pyridine rings is 1. The number of nitrogens with one attached hydrogen (secondary N) is 1. The molecule has 5 heteroatoms. The molecule has 1 aromatic heterocycles. The Morgan fingerprint density at radius 2 is 2.20 bits per heavy atom. The smallest absolute Gasteiger partial charge is 0.0684 e. The van der Waals surface area contributed by atoms with Crippen molar-refractivity contribution in [2.75, 3.05) is 0 Å². The maximum atomic E-state index is 9.14. The van der Waals surface area contributed by atoms with E-state index >= 15 is 0 Å². The number of hydrogen-bond acceptors (Lipinski definition) is 3. The molecule has 0 unspecified atom stereocenters. The van der Waals surface area contributed by atoms with Gasteiger partial charge in [0.2, 0.25) is 0 Å². The van der Waals surface area contributed by atoms with Gasteiger partial charge < -0.3 is 10.4 Å². The molecule has 2 rings (SSSR count). The Hall–Kier alpha value is 0.0300. The average molecular weight is 336 g/mol. The highest BCUT2D eigenvalue weighted by atomic mass is 79.9. The van der Waals surface area contributed by atoms with E-state index < -0.39 is 0 Å². The van der Waals surface area contributed by atoms with Gasteiger partial charge in [0.15, 0.2) is 0 Å². The van der Waals surface area contributed by atoms with E-state index in [9.17, 15) is 0 Å². The van der Waals surface area contributed by atoms with Crippen LogP contribution in [0.5, 0.6) is 0 Å². The first-order chi connectivity index (χ1) is 7.15. The van der Waals surface area contributed by atoms with Crippen molar-refractivity contribution in [1.29, 1.82) is 0 Å².